The molecule has 0 amide bonds. The van der Waals surface area contributed by atoms with Crippen molar-refractivity contribution in [2.24, 2.45) is 11.7 Å². The lowest BCUT2D eigenvalue weighted by atomic mass is 10.0. The van der Waals surface area contributed by atoms with E-state index in [1.54, 1.807) is 11.3 Å². The molecule has 0 aromatic carbocycles. The van der Waals surface area contributed by atoms with Crippen molar-refractivity contribution in [3.63, 3.8) is 0 Å². The normalized spacial score (nSPS) is 24.0. The van der Waals surface area contributed by atoms with E-state index >= 15 is 0 Å². The highest BCUT2D eigenvalue weighted by Crippen LogP contribution is 2.31. The Labute approximate surface area is 128 Å². The van der Waals surface area contributed by atoms with Crippen molar-refractivity contribution in [1.29, 1.82) is 0 Å². The topological polar surface area (TPSA) is 32.5 Å². The molecular weight excluding hydrogens is 322 g/mol. The number of halogens is 1. The second kappa shape index (κ2) is 6.68. The Bertz CT molecular complexity index is 407. The molecular formula is C14H24BrN3S. The van der Waals surface area contributed by atoms with E-state index in [1.165, 1.54) is 24.4 Å². The van der Waals surface area contributed by atoms with Gasteiger partial charge in [0, 0.05) is 33.9 Å². The van der Waals surface area contributed by atoms with Crippen LogP contribution in [0.3, 0.4) is 0 Å². The standard InChI is InChI=1S/C14H24BrN3S/c1-10(16)14(13-6-12(15)9-19-13)18(3)8-11-4-5-17(2)7-11/h6,9-11,14H,4-5,7-8,16H2,1-3H3. The monoisotopic (exact) mass is 345 g/mol. The second-order valence-corrected chi connectivity index (χ2v) is 7.69. The molecule has 0 radical (unpaired) electrons. The van der Waals surface area contributed by atoms with Crippen LogP contribution in [0.15, 0.2) is 15.9 Å². The predicted octanol–water partition coefficient (Wildman–Crippen LogP) is 2.78. The van der Waals surface area contributed by atoms with Gasteiger partial charge in [0.25, 0.3) is 0 Å². The average molecular weight is 346 g/mol. The third-order valence-electron chi connectivity index (χ3n) is 3.89. The van der Waals surface area contributed by atoms with Gasteiger partial charge in [0.05, 0.1) is 6.04 Å². The van der Waals surface area contributed by atoms with Gasteiger partial charge in [0.2, 0.25) is 0 Å². The summed E-state index contributed by atoms with van der Waals surface area (Å²) in [5.74, 6) is 0.777. The number of nitrogens with two attached hydrogens (primary N) is 1. The number of likely N-dealkylation sites (N-methyl/N-ethyl adjacent to an activating group) is 1. The zero-order chi connectivity index (χ0) is 14.0. The summed E-state index contributed by atoms with van der Waals surface area (Å²) in [6.07, 6.45) is 1.31. The van der Waals surface area contributed by atoms with Gasteiger partial charge in [-0.25, -0.2) is 0 Å². The van der Waals surface area contributed by atoms with Gasteiger partial charge in [-0.2, -0.15) is 0 Å². The Morgan fingerprint density at radius 2 is 2.37 bits per heavy atom. The first-order chi connectivity index (χ1) is 8.97. The molecule has 1 aromatic rings. The van der Waals surface area contributed by atoms with Gasteiger partial charge in [-0.3, -0.25) is 4.90 Å². The number of nitrogens with zero attached hydrogens (tertiary/aromatic N) is 2. The van der Waals surface area contributed by atoms with Crippen LogP contribution < -0.4 is 5.73 Å². The quantitative estimate of drug-likeness (QED) is 0.890. The number of rotatable bonds is 5. The zero-order valence-electron chi connectivity index (χ0n) is 12.0. The van der Waals surface area contributed by atoms with Gasteiger partial charge in [-0.15, -0.1) is 11.3 Å². The van der Waals surface area contributed by atoms with E-state index in [4.69, 9.17) is 5.73 Å². The SMILES string of the molecule is CC(N)C(c1cc(Br)cs1)N(C)CC1CCN(C)C1. The summed E-state index contributed by atoms with van der Waals surface area (Å²) in [6.45, 7) is 5.68. The molecule has 108 valence electrons. The molecule has 1 aromatic heterocycles. The highest BCUT2D eigenvalue weighted by molar-refractivity contribution is 9.10. The molecule has 0 saturated carbocycles. The smallest absolute Gasteiger partial charge is 0.0588 e. The molecule has 0 bridgehead atoms. The Balaban J connectivity index is 2.02. The zero-order valence-corrected chi connectivity index (χ0v) is 14.4. The van der Waals surface area contributed by atoms with E-state index in [0.717, 1.165) is 16.9 Å². The molecule has 3 nitrogen and oxygen atoms in total. The highest BCUT2D eigenvalue weighted by Gasteiger charge is 2.27. The molecule has 3 unspecified atom stereocenters. The predicted molar refractivity (Wildman–Crippen MR) is 86.6 cm³/mol. The van der Waals surface area contributed by atoms with E-state index in [0.29, 0.717) is 6.04 Å². The van der Waals surface area contributed by atoms with Crippen LogP contribution in [0, 0.1) is 5.92 Å². The molecule has 1 fully saturated rings. The summed E-state index contributed by atoms with van der Waals surface area (Å²) in [5.41, 5.74) is 6.22. The molecule has 1 saturated heterocycles. The third-order valence-corrected chi connectivity index (χ3v) is 5.65. The largest absolute Gasteiger partial charge is 0.326 e. The lowest BCUT2D eigenvalue weighted by molar-refractivity contribution is 0.190. The van der Waals surface area contributed by atoms with Crippen molar-refractivity contribution in [2.75, 3.05) is 33.7 Å². The van der Waals surface area contributed by atoms with Crippen LogP contribution in [-0.4, -0.2) is 49.6 Å². The highest BCUT2D eigenvalue weighted by atomic mass is 79.9. The second-order valence-electron chi connectivity index (χ2n) is 5.83. The van der Waals surface area contributed by atoms with Crippen LogP contribution in [0.4, 0.5) is 0 Å². The Morgan fingerprint density at radius 3 is 2.84 bits per heavy atom. The first kappa shape index (κ1) is 15.4. The summed E-state index contributed by atoms with van der Waals surface area (Å²) in [4.78, 5) is 6.21. The lowest BCUT2D eigenvalue weighted by Crippen LogP contribution is -2.39. The van der Waals surface area contributed by atoms with E-state index in [1.807, 2.05) is 0 Å². The van der Waals surface area contributed by atoms with Crippen LogP contribution in [0.1, 0.15) is 24.3 Å². The van der Waals surface area contributed by atoms with Gasteiger partial charge < -0.3 is 10.6 Å². The van der Waals surface area contributed by atoms with Crippen LogP contribution in [0.25, 0.3) is 0 Å². The average Bonchev–Trinajstić information content (AvgIpc) is 2.88. The fourth-order valence-corrected chi connectivity index (χ4v) is 4.78. The lowest BCUT2D eigenvalue weighted by Gasteiger charge is -2.32. The minimum atomic E-state index is 0.148. The fourth-order valence-electron chi connectivity index (χ4n) is 3.06. The molecule has 1 aliphatic rings. The van der Waals surface area contributed by atoms with Crippen LogP contribution in [0.5, 0.6) is 0 Å². The molecule has 5 heteroatoms. The maximum absolute atomic E-state index is 6.22. The van der Waals surface area contributed by atoms with E-state index in [9.17, 15) is 0 Å². The van der Waals surface area contributed by atoms with E-state index in [-0.39, 0.29) is 6.04 Å². The molecule has 2 N–H and O–H groups in total. The summed E-state index contributed by atoms with van der Waals surface area (Å²) in [5, 5.41) is 2.14. The molecule has 3 atom stereocenters. The van der Waals surface area contributed by atoms with Crippen LogP contribution in [0.2, 0.25) is 0 Å². The van der Waals surface area contributed by atoms with Crippen LogP contribution in [-0.2, 0) is 0 Å². The summed E-state index contributed by atoms with van der Waals surface area (Å²) >= 11 is 5.33. The van der Waals surface area contributed by atoms with E-state index < -0.39 is 0 Å². The Morgan fingerprint density at radius 1 is 1.63 bits per heavy atom. The van der Waals surface area contributed by atoms with Crippen molar-refractivity contribution in [3.05, 3.63) is 20.8 Å². The summed E-state index contributed by atoms with van der Waals surface area (Å²) in [6, 6.07) is 2.67. The molecule has 2 heterocycles. The first-order valence-corrected chi connectivity index (χ1v) is 8.53. The molecule has 0 spiro atoms. The molecule has 0 aliphatic carbocycles. The van der Waals surface area contributed by atoms with Crippen molar-refractivity contribution in [1.82, 2.24) is 9.80 Å². The number of hydrogen-bond acceptors (Lipinski definition) is 4. The van der Waals surface area contributed by atoms with Gasteiger partial charge >= 0.3 is 0 Å². The number of thiophene rings is 1. The van der Waals surface area contributed by atoms with Crippen molar-refractivity contribution >= 4 is 27.3 Å². The first-order valence-electron chi connectivity index (χ1n) is 6.85. The van der Waals surface area contributed by atoms with Crippen molar-refractivity contribution in [2.45, 2.75) is 25.4 Å². The van der Waals surface area contributed by atoms with Gasteiger partial charge in [0.1, 0.15) is 0 Å². The summed E-state index contributed by atoms with van der Waals surface area (Å²) < 4.78 is 1.16. The molecule has 1 aliphatic heterocycles. The number of hydrogen-bond donors (Lipinski definition) is 1. The number of likely N-dealkylation sites (tertiary alicyclic amines) is 1. The van der Waals surface area contributed by atoms with Crippen molar-refractivity contribution in [3.8, 4) is 0 Å². The van der Waals surface area contributed by atoms with Crippen molar-refractivity contribution < 1.29 is 0 Å². The Kier molecular flexibility index (Phi) is 5.43. The minimum Gasteiger partial charge on any atom is -0.326 e. The van der Waals surface area contributed by atoms with Gasteiger partial charge in [-0.05, 0) is 61.9 Å². The van der Waals surface area contributed by atoms with E-state index in [2.05, 4.69) is 58.2 Å². The fraction of sp³-hybridized carbons (Fsp3) is 0.714. The van der Waals surface area contributed by atoms with Gasteiger partial charge in [0.15, 0.2) is 0 Å². The van der Waals surface area contributed by atoms with Gasteiger partial charge in [-0.1, -0.05) is 0 Å². The third kappa shape index (κ3) is 4.02. The minimum absolute atomic E-state index is 0.148. The Hall–Kier alpha value is 0.0600. The molecule has 2 rings (SSSR count). The summed E-state index contributed by atoms with van der Waals surface area (Å²) in [7, 11) is 4.42. The van der Waals surface area contributed by atoms with Crippen LogP contribution >= 0.6 is 27.3 Å². The maximum Gasteiger partial charge on any atom is 0.0588 e. The molecule has 19 heavy (non-hydrogen) atoms. The maximum atomic E-state index is 6.22.